The monoisotopic (exact) mass is 725 g/mol. The second-order valence-corrected chi connectivity index (χ2v) is 18.6. The molecule has 0 aromatic heterocycles. The minimum Gasteiger partial charge on any atom is -0.449 e. The van der Waals surface area contributed by atoms with Gasteiger partial charge in [0.15, 0.2) is 0 Å². The molecule has 0 bridgehead atoms. The Hall–Kier alpha value is -3.10. The van der Waals surface area contributed by atoms with Gasteiger partial charge in [0.2, 0.25) is 0 Å². The predicted octanol–water partition coefficient (Wildman–Crippen LogP) is 7.50. The smallest absolute Gasteiger partial charge is 0.407 e. The molecule has 6 N–H and O–H groups in total. The Balaban J connectivity index is 1.47. The molecule has 0 saturated carbocycles. The highest BCUT2D eigenvalue weighted by atomic mass is 16.6. The van der Waals surface area contributed by atoms with Crippen LogP contribution in [-0.4, -0.2) is 51.6 Å². The zero-order valence-electron chi connectivity index (χ0n) is 35.2. The third-order valence-corrected chi connectivity index (χ3v) is 9.42. The van der Waals surface area contributed by atoms with E-state index in [2.05, 4.69) is 141 Å². The van der Waals surface area contributed by atoms with Crippen LogP contribution in [0.2, 0.25) is 0 Å². The minimum atomic E-state index is -0.348. The van der Waals surface area contributed by atoms with E-state index in [9.17, 15) is 9.59 Å². The molecule has 0 aliphatic heterocycles. The summed E-state index contributed by atoms with van der Waals surface area (Å²) in [6.45, 7) is 32.9. The molecular formula is C44H76N4O4+2. The van der Waals surface area contributed by atoms with Crippen molar-refractivity contribution < 1.29 is 29.7 Å². The summed E-state index contributed by atoms with van der Waals surface area (Å²) < 4.78 is 10.7. The molecule has 0 radical (unpaired) electrons. The Morgan fingerprint density at radius 2 is 0.788 bits per heavy atom. The summed E-state index contributed by atoms with van der Waals surface area (Å²) in [7, 11) is 0. The van der Waals surface area contributed by atoms with Gasteiger partial charge >= 0.3 is 12.2 Å². The number of unbranched alkanes of at least 4 members (excludes halogenated alkanes) is 3. The van der Waals surface area contributed by atoms with Crippen LogP contribution >= 0.6 is 0 Å². The molecule has 2 rings (SSSR count). The molecule has 8 nitrogen and oxygen atoms in total. The zero-order chi connectivity index (χ0) is 39.0. The summed E-state index contributed by atoms with van der Waals surface area (Å²) >= 11 is 0. The van der Waals surface area contributed by atoms with E-state index < -0.39 is 0 Å². The lowest BCUT2D eigenvalue weighted by Crippen LogP contribution is -2.82. The van der Waals surface area contributed by atoms with E-state index in [1.54, 1.807) is 0 Å². The molecular weight excluding hydrogens is 649 g/mol. The van der Waals surface area contributed by atoms with E-state index in [0.717, 1.165) is 64.7 Å². The topological polar surface area (TPSA) is 110 Å². The van der Waals surface area contributed by atoms with Crippen LogP contribution in [0.25, 0.3) is 0 Å². The van der Waals surface area contributed by atoms with Crippen LogP contribution in [0.3, 0.4) is 0 Å². The van der Waals surface area contributed by atoms with Gasteiger partial charge in [0.05, 0.1) is 26.3 Å². The average Bonchev–Trinajstić information content (AvgIpc) is 3.03. The van der Waals surface area contributed by atoms with Crippen LogP contribution in [0, 0.1) is 0 Å². The number of rotatable bonds is 19. The first-order valence-corrected chi connectivity index (χ1v) is 19.9. The summed E-state index contributed by atoms with van der Waals surface area (Å²) in [5, 5.41) is 10.3. The maximum absolute atomic E-state index is 12.1. The molecule has 0 unspecified atom stereocenters. The maximum atomic E-state index is 12.1. The van der Waals surface area contributed by atoms with Crippen molar-refractivity contribution in [2.75, 3.05) is 39.4 Å². The molecule has 8 heteroatoms. The molecule has 0 saturated heterocycles. The van der Waals surface area contributed by atoms with Gasteiger partial charge in [-0.2, -0.15) is 0 Å². The molecule has 0 aliphatic rings. The van der Waals surface area contributed by atoms with E-state index in [4.69, 9.17) is 9.47 Å². The van der Waals surface area contributed by atoms with Gasteiger partial charge < -0.3 is 30.7 Å². The lowest BCUT2D eigenvalue weighted by Gasteiger charge is -2.26. The minimum absolute atomic E-state index is 0.113. The van der Waals surface area contributed by atoms with Gasteiger partial charge in [0.25, 0.3) is 0 Å². The van der Waals surface area contributed by atoms with Gasteiger partial charge in [-0.05, 0) is 81.0 Å². The molecule has 0 fully saturated rings. The highest BCUT2D eigenvalue weighted by Crippen LogP contribution is 2.31. The van der Waals surface area contributed by atoms with Crippen molar-refractivity contribution in [3.05, 3.63) is 69.8 Å². The molecule has 2 aromatic rings. The third kappa shape index (κ3) is 18.1. The van der Waals surface area contributed by atoms with Crippen molar-refractivity contribution in [1.82, 2.24) is 10.6 Å². The lowest BCUT2D eigenvalue weighted by atomic mass is 9.79. The first kappa shape index (κ1) is 45.1. The number of ether oxygens (including phenoxy) is 2. The summed E-state index contributed by atoms with van der Waals surface area (Å²) in [4.78, 5) is 24.1. The molecule has 294 valence electrons. The number of benzene rings is 2. The third-order valence-electron chi connectivity index (χ3n) is 9.42. The number of hydrogen-bond donors (Lipinski definition) is 4. The molecule has 0 atom stereocenters. The largest absolute Gasteiger partial charge is 0.449 e. The summed E-state index contributed by atoms with van der Waals surface area (Å²) in [5.74, 6) is 0. The van der Waals surface area contributed by atoms with E-state index in [1.807, 2.05) is 0 Å². The van der Waals surface area contributed by atoms with E-state index >= 15 is 0 Å². The van der Waals surface area contributed by atoms with Crippen molar-refractivity contribution in [3.8, 4) is 0 Å². The van der Waals surface area contributed by atoms with Gasteiger partial charge in [-0.1, -0.05) is 108 Å². The fourth-order valence-electron chi connectivity index (χ4n) is 5.76. The first-order valence-electron chi connectivity index (χ1n) is 19.9. The highest BCUT2D eigenvalue weighted by molar-refractivity contribution is 5.67. The maximum Gasteiger partial charge on any atom is 0.407 e. The molecule has 0 heterocycles. The molecule has 2 aromatic carbocycles. The van der Waals surface area contributed by atoms with Gasteiger partial charge in [0.1, 0.15) is 13.1 Å². The number of carbonyl (C=O) groups is 2. The second kappa shape index (κ2) is 21.0. The quantitative estimate of drug-likeness (QED) is 0.113. The molecule has 52 heavy (non-hydrogen) atoms. The number of quaternary nitrogens is 2. The Labute approximate surface area is 317 Å². The van der Waals surface area contributed by atoms with Crippen LogP contribution in [-0.2, 0) is 44.2 Å². The van der Waals surface area contributed by atoms with Crippen LogP contribution in [0.4, 0.5) is 9.59 Å². The Morgan fingerprint density at radius 1 is 0.481 bits per heavy atom. The van der Waals surface area contributed by atoms with Gasteiger partial charge in [-0.15, -0.1) is 0 Å². The average molecular weight is 725 g/mol. The van der Waals surface area contributed by atoms with Crippen molar-refractivity contribution >= 4 is 12.2 Å². The van der Waals surface area contributed by atoms with Gasteiger partial charge in [0, 0.05) is 37.1 Å². The van der Waals surface area contributed by atoms with E-state index in [0.29, 0.717) is 26.3 Å². The van der Waals surface area contributed by atoms with Crippen molar-refractivity contribution in [2.45, 2.75) is 156 Å². The Bertz CT molecular complexity index is 1210. The second-order valence-electron chi connectivity index (χ2n) is 18.6. The van der Waals surface area contributed by atoms with Gasteiger partial charge in [-0.25, -0.2) is 9.59 Å². The fraction of sp³-hybridized carbons (Fsp3) is 0.682. The number of nitrogens with two attached hydrogens (primary N) is 2. The number of nitrogens with one attached hydrogen (secondary N) is 2. The lowest BCUT2D eigenvalue weighted by molar-refractivity contribution is -0.671. The van der Waals surface area contributed by atoms with Crippen molar-refractivity contribution in [1.29, 1.82) is 0 Å². The van der Waals surface area contributed by atoms with Crippen LogP contribution in [0.5, 0.6) is 0 Å². The number of carbonyl (C=O) groups excluding carboxylic acids is 2. The summed E-state index contributed by atoms with van der Waals surface area (Å²) in [6, 6.07) is 14.0. The van der Waals surface area contributed by atoms with Crippen LogP contribution in [0.15, 0.2) is 36.4 Å². The summed E-state index contributed by atoms with van der Waals surface area (Å²) in [5.41, 5.74) is 8.64. The number of amides is 2. The predicted molar refractivity (Wildman–Crippen MR) is 215 cm³/mol. The van der Waals surface area contributed by atoms with E-state index in [1.165, 1.54) is 33.4 Å². The Kier molecular flexibility index (Phi) is 18.2. The van der Waals surface area contributed by atoms with E-state index in [-0.39, 0.29) is 33.8 Å². The standard InChI is InChI=1S/C44H74N4O4/c1-41(2,3)35-25-33(26-36(29-35)42(4,5)6)31-45-19-17-23-51-39(49)47-21-15-13-14-16-22-48-40(50)52-24-18-20-46-32-34-27-37(43(7,8)9)30-38(28-34)44(10,11)12/h25-30,45-46H,13-24,31-32H2,1-12H3,(H,47,49)(H,48,50)/p+2. The normalized spacial score (nSPS) is 12.5. The number of alkyl carbamates (subject to hydrolysis) is 2. The van der Waals surface area contributed by atoms with Crippen LogP contribution in [0.1, 0.15) is 155 Å². The molecule has 0 aliphatic carbocycles. The van der Waals surface area contributed by atoms with Crippen LogP contribution < -0.4 is 21.3 Å². The SMILES string of the molecule is CC(C)(C)c1cc(C[NH2+]CCCOC(=O)NCCCCCCNC(=O)OCCC[NH2+]Cc2cc(C(C)(C)C)cc(C(C)(C)C)c2)cc(C(C)(C)C)c1. The van der Waals surface area contributed by atoms with Crippen molar-refractivity contribution in [3.63, 3.8) is 0 Å². The van der Waals surface area contributed by atoms with Gasteiger partial charge in [-0.3, -0.25) is 0 Å². The van der Waals surface area contributed by atoms with Crippen molar-refractivity contribution in [2.24, 2.45) is 0 Å². The Morgan fingerprint density at radius 3 is 1.08 bits per heavy atom. The molecule has 0 spiro atoms. The fourth-order valence-corrected chi connectivity index (χ4v) is 5.76. The zero-order valence-corrected chi connectivity index (χ0v) is 35.2. The summed E-state index contributed by atoms with van der Waals surface area (Å²) in [6.07, 6.45) is 4.65. The highest BCUT2D eigenvalue weighted by Gasteiger charge is 2.22. The number of hydrogen-bond acceptors (Lipinski definition) is 4. The molecule has 2 amide bonds. The first-order chi connectivity index (χ1) is 24.2.